The molecule has 1 atom stereocenters. The third kappa shape index (κ3) is 8.73. The second kappa shape index (κ2) is 10.8. The SMILES string of the molecule is N.P.c1cc[nH]c1.c1ccncc1. The predicted octanol–water partition coefficient (Wildman–Crippen LogP) is 2.32. The zero-order valence-electron chi connectivity index (χ0n) is 7.56. The Morgan fingerprint density at radius 1 is 0.769 bits per heavy atom. The molecule has 3 nitrogen and oxygen atoms in total. The van der Waals surface area contributed by atoms with E-state index in [1.165, 1.54) is 0 Å². The summed E-state index contributed by atoms with van der Waals surface area (Å²) in [6, 6.07) is 9.60. The van der Waals surface area contributed by atoms with E-state index in [2.05, 4.69) is 9.97 Å². The molecule has 0 aromatic carbocycles. The highest BCUT2D eigenvalue weighted by molar-refractivity contribution is 6.92. The van der Waals surface area contributed by atoms with Gasteiger partial charge in [0, 0.05) is 24.8 Å². The number of nitrogens with one attached hydrogen (secondary N) is 1. The molecule has 4 heteroatoms. The van der Waals surface area contributed by atoms with Crippen molar-refractivity contribution < 1.29 is 0 Å². The highest BCUT2D eigenvalue weighted by Crippen LogP contribution is 1.73. The van der Waals surface area contributed by atoms with E-state index in [0.29, 0.717) is 0 Å². The lowest BCUT2D eigenvalue weighted by molar-refractivity contribution is 1.33. The molecule has 0 bridgehead atoms. The molecular weight excluding hydrogens is 181 g/mol. The molecule has 13 heavy (non-hydrogen) atoms. The molecule has 0 aliphatic rings. The fraction of sp³-hybridized carbons (Fsp3) is 0. The van der Waals surface area contributed by atoms with Crippen molar-refractivity contribution in [1.29, 1.82) is 0 Å². The van der Waals surface area contributed by atoms with Crippen LogP contribution in [0.5, 0.6) is 0 Å². The first-order chi connectivity index (χ1) is 5.50. The van der Waals surface area contributed by atoms with E-state index in [9.17, 15) is 0 Å². The van der Waals surface area contributed by atoms with Gasteiger partial charge in [-0.3, -0.25) is 4.98 Å². The Bertz CT molecular complexity index is 201. The van der Waals surface area contributed by atoms with E-state index >= 15 is 0 Å². The molecule has 0 saturated heterocycles. The van der Waals surface area contributed by atoms with Crippen LogP contribution in [0.1, 0.15) is 0 Å². The first-order valence-corrected chi connectivity index (χ1v) is 3.43. The summed E-state index contributed by atoms with van der Waals surface area (Å²) >= 11 is 0. The van der Waals surface area contributed by atoms with Crippen LogP contribution in [0.4, 0.5) is 0 Å². The Balaban J connectivity index is 0. The average Bonchev–Trinajstić information content (AvgIpc) is 2.64. The minimum absolute atomic E-state index is 0. The second-order valence-corrected chi connectivity index (χ2v) is 1.91. The van der Waals surface area contributed by atoms with Crippen LogP contribution in [0.15, 0.2) is 55.1 Å². The van der Waals surface area contributed by atoms with E-state index in [4.69, 9.17) is 0 Å². The normalized spacial score (nSPS) is 6.77. The van der Waals surface area contributed by atoms with Crippen LogP contribution in [-0.2, 0) is 0 Å². The van der Waals surface area contributed by atoms with Gasteiger partial charge in [-0.2, -0.15) is 9.90 Å². The topological polar surface area (TPSA) is 63.7 Å². The number of H-pyrrole nitrogens is 1. The lowest BCUT2D eigenvalue weighted by atomic mass is 10.5. The Morgan fingerprint density at radius 2 is 1.31 bits per heavy atom. The van der Waals surface area contributed by atoms with Crippen LogP contribution >= 0.6 is 9.90 Å². The Labute approximate surface area is 81.8 Å². The number of aromatic amines is 1. The van der Waals surface area contributed by atoms with E-state index in [0.717, 1.165) is 0 Å². The largest absolute Gasteiger partial charge is 0.368 e. The minimum Gasteiger partial charge on any atom is -0.368 e. The van der Waals surface area contributed by atoms with Gasteiger partial charge in [0.25, 0.3) is 0 Å². The van der Waals surface area contributed by atoms with Crippen molar-refractivity contribution >= 4 is 9.90 Å². The van der Waals surface area contributed by atoms with Gasteiger partial charge in [0.1, 0.15) is 0 Å². The van der Waals surface area contributed by atoms with Crippen molar-refractivity contribution in [2.75, 3.05) is 0 Å². The monoisotopic (exact) mass is 197 g/mol. The molecule has 0 amide bonds. The maximum Gasteiger partial charge on any atom is 0.0267 e. The summed E-state index contributed by atoms with van der Waals surface area (Å²) in [5, 5.41) is 0. The maximum atomic E-state index is 3.78. The molecule has 0 spiro atoms. The molecule has 4 N–H and O–H groups in total. The lowest BCUT2D eigenvalue weighted by Crippen LogP contribution is -1.58. The van der Waals surface area contributed by atoms with Crippen molar-refractivity contribution in [2.45, 2.75) is 0 Å². The van der Waals surface area contributed by atoms with E-state index in [-0.39, 0.29) is 16.0 Å². The third-order valence-corrected chi connectivity index (χ3v) is 1.06. The van der Waals surface area contributed by atoms with Gasteiger partial charge in [0.15, 0.2) is 0 Å². The zero-order valence-corrected chi connectivity index (χ0v) is 8.97. The van der Waals surface area contributed by atoms with Crippen molar-refractivity contribution in [3.05, 3.63) is 55.1 Å². The van der Waals surface area contributed by atoms with Gasteiger partial charge in [0.05, 0.1) is 0 Å². The molecule has 72 valence electrons. The second-order valence-electron chi connectivity index (χ2n) is 1.91. The van der Waals surface area contributed by atoms with Gasteiger partial charge in [-0.15, -0.1) is 0 Å². The predicted molar refractivity (Wildman–Crippen MR) is 61.2 cm³/mol. The third-order valence-electron chi connectivity index (χ3n) is 1.06. The van der Waals surface area contributed by atoms with Gasteiger partial charge < -0.3 is 11.1 Å². The standard InChI is InChI=1S/C5H5N.C4H5N.H3N.H3P/c1-2-4-6-5-3-1;1-2-4-5-3-1;;/h1-5H;1-5H;2*1H3. The van der Waals surface area contributed by atoms with Crippen LogP contribution in [0, 0.1) is 0 Å². The van der Waals surface area contributed by atoms with Gasteiger partial charge in [-0.05, 0) is 24.3 Å². The fourth-order valence-corrected chi connectivity index (χ4v) is 0.590. The quantitative estimate of drug-likeness (QED) is 0.636. The molecule has 0 aliphatic heterocycles. The van der Waals surface area contributed by atoms with Crippen molar-refractivity contribution in [2.24, 2.45) is 0 Å². The molecule has 1 unspecified atom stereocenters. The number of hydrogen-bond donors (Lipinski definition) is 2. The number of hydrogen-bond acceptors (Lipinski definition) is 2. The van der Waals surface area contributed by atoms with E-state index < -0.39 is 0 Å². The molecule has 0 saturated carbocycles. The Kier molecular flexibility index (Phi) is 11.9. The lowest BCUT2D eigenvalue weighted by Gasteiger charge is -1.70. The summed E-state index contributed by atoms with van der Waals surface area (Å²) in [6.07, 6.45) is 7.25. The molecule has 0 aliphatic carbocycles. The number of pyridine rings is 1. The molecule has 2 aromatic rings. The number of nitrogens with zero attached hydrogens (tertiary/aromatic N) is 1. The first-order valence-electron chi connectivity index (χ1n) is 3.43. The van der Waals surface area contributed by atoms with Gasteiger partial charge in [0.2, 0.25) is 0 Å². The summed E-state index contributed by atoms with van der Waals surface area (Å²) in [5.41, 5.74) is 0. The Morgan fingerprint density at radius 3 is 1.46 bits per heavy atom. The average molecular weight is 197 g/mol. The minimum atomic E-state index is 0. The van der Waals surface area contributed by atoms with Crippen LogP contribution in [0.25, 0.3) is 0 Å². The van der Waals surface area contributed by atoms with Crippen molar-refractivity contribution in [3.63, 3.8) is 0 Å². The fourth-order valence-electron chi connectivity index (χ4n) is 0.590. The molecule has 0 radical (unpaired) electrons. The van der Waals surface area contributed by atoms with Gasteiger partial charge in [-0.25, -0.2) is 0 Å². The summed E-state index contributed by atoms with van der Waals surface area (Å²) in [6.45, 7) is 0. The maximum absolute atomic E-state index is 3.78. The van der Waals surface area contributed by atoms with E-state index in [1.54, 1.807) is 12.4 Å². The van der Waals surface area contributed by atoms with Crippen LogP contribution < -0.4 is 6.15 Å². The smallest absolute Gasteiger partial charge is 0.0267 e. The van der Waals surface area contributed by atoms with Gasteiger partial charge >= 0.3 is 0 Å². The van der Waals surface area contributed by atoms with Crippen molar-refractivity contribution in [3.8, 4) is 0 Å². The molecule has 2 aromatic heterocycles. The van der Waals surface area contributed by atoms with Crippen molar-refractivity contribution in [1.82, 2.24) is 16.1 Å². The molecular formula is C9H16N3P. The summed E-state index contributed by atoms with van der Waals surface area (Å²) in [5.74, 6) is 0. The van der Waals surface area contributed by atoms with Crippen LogP contribution in [0.3, 0.4) is 0 Å². The summed E-state index contributed by atoms with van der Waals surface area (Å²) in [7, 11) is 0. The Hall–Kier alpha value is -1.18. The zero-order chi connectivity index (χ0) is 7.78. The molecule has 0 fully saturated rings. The number of aromatic nitrogens is 2. The molecule has 2 rings (SSSR count). The van der Waals surface area contributed by atoms with Crippen LogP contribution in [-0.4, -0.2) is 9.97 Å². The first kappa shape index (κ1) is 14.3. The highest BCUT2D eigenvalue weighted by Gasteiger charge is 1.58. The van der Waals surface area contributed by atoms with E-state index in [1.807, 2.05) is 42.7 Å². The summed E-state index contributed by atoms with van der Waals surface area (Å²) < 4.78 is 0. The number of rotatable bonds is 0. The summed E-state index contributed by atoms with van der Waals surface area (Å²) in [4.78, 5) is 6.65. The highest BCUT2D eigenvalue weighted by atomic mass is 31.0. The molecule has 2 heterocycles. The van der Waals surface area contributed by atoms with Gasteiger partial charge in [-0.1, -0.05) is 6.07 Å². The van der Waals surface area contributed by atoms with Crippen LogP contribution in [0.2, 0.25) is 0 Å².